The molecule has 1 heterocycles. The monoisotopic (exact) mass is 252 g/mol. The topological polar surface area (TPSA) is 88.5 Å². The van der Waals surface area contributed by atoms with Gasteiger partial charge in [0.05, 0.1) is 7.11 Å². The van der Waals surface area contributed by atoms with Gasteiger partial charge in [-0.3, -0.25) is 0 Å². The zero-order valence-corrected chi connectivity index (χ0v) is 10.3. The van der Waals surface area contributed by atoms with E-state index in [0.717, 1.165) is 0 Å². The number of methoxy groups -OCH3 is 1. The lowest BCUT2D eigenvalue weighted by Gasteiger charge is -2.15. The summed E-state index contributed by atoms with van der Waals surface area (Å²) in [5, 5.41) is 11.8. The van der Waals surface area contributed by atoms with Crippen LogP contribution in [0.25, 0.3) is 0 Å². The standard InChI is InChI=1S/C12H16N2O4/c1-3-5-9(11(15)16)14-10-8(12(17)18-2)6-4-7-13-10/h4,6-7,9H,3,5H2,1-2H3,(H,13,14)(H,15,16). The summed E-state index contributed by atoms with van der Waals surface area (Å²) in [5.41, 5.74) is 0.224. The number of ether oxygens (including phenoxy) is 1. The Morgan fingerprint density at radius 1 is 1.56 bits per heavy atom. The molecule has 1 atom stereocenters. The fourth-order valence-electron chi connectivity index (χ4n) is 1.51. The van der Waals surface area contributed by atoms with Crippen molar-refractivity contribution in [2.75, 3.05) is 12.4 Å². The van der Waals surface area contributed by atoms with Gasteiger partial charge in [0.25, 0.3) is 0 Å². The molecule has 2 N–H and O–H groups in total. The molecule has 1 aromatic heterocycles. The van der Waals surface area contributed by atoms with Crippen LogP contribution in [0.2, 0.25) is 0 Å². The number of aromatic nitrogens is 1. The van der Waals surface area contributed by atoms with Crippen LogP contribution in [0.5, 0.6) is 0 Å². The lowest BCUT2D eigenvalue weighted by Crippen LogP contribution is -2.30. The molecular formula is C12H16N2O4. The largest absolute Gasteiger partial charge is 0.480 e. The molecule has 0 amide bonds. The highest BCUT2D eigenvalue weighted by atomic mass is 16.5. The molecule has 0 fully saturated rings. The van der Waals surface area contributed by atoms with E-state index in [1.807, 2.05) is 6.92 Å². The second-order valence-electron chi connectivity index (χ2n) is 3.71. The average Bonchev–Trinajstić information content (AvgIpc) is 2.37. The third-order valence-corrected chi connectivity index (χ3v) is 2.40. The first-order valence-corrected chi connectivity index (χ1v) is 5.62. The van der Waals surface area contributed by atoms with E-state index in [-0.39, 0.29) is 11.4 Å². The number of nitrogens with zero attached hydrogens (tertiary/aromatic N) is 1. The van der Waals surface area contributed by atoms with Crippen LogP contribution in [0.4, 0.5) is 5.82 Å². The number of pyridine rings is 1. The van der Waals surface area contributed by atoms with Crippen molar-refractivity contribution in [2.24, 2.45) is 0 Å². The summed E-state index contributed by atoms with van der Waals surface area (Å²) in [4.78, 5) is 26.5. The number of hydrogen-bond acceptors (Lipinski definition) is 5. The van der Waals surface area contributed by atoms with E-state index in [1.165, 1.54) is 19.4 Å². The van der Waals surface area contributed by atoms with Crippen molar-refractivity contribution in [2.45, 2.75) is 25.8 Å². The van der Waals surface area contributed by atoms with Crippen molar-refractivity contribution in [3.63, 3.8) is 0 Å². The van der Waals surface area contributed by atoms with Gasteiger partial charge in [0, 0.05) is 6.20 Å². The number of carboxylic acid groups (broad SMARTS) is 1. The molecule has 0 aliphatic carbocycles. The van der Waals surface area contributed by atoms with Gasteiger partial charge in [-0.15, -0.1) is 0 Å². The molecule has 0 radical (unpaired) electrons. The van der Waals surface area contributed by atoms with Gasteiger partial charge in [-0.05, 0) is 18.6 Å². The summed E-state index contributed by atoms with van der Waals surface area (Å²) in [6.45, 7) is 1.89. The SMILES string of the molecule is CCCC(Nc1ncccc1C(=O)OC)C(=O)O. The minimum absolute atomic E-state index is 0.224. The summed E-state index contributed by atoms with van der Waals surface area (Å²) >= 11 is 0. The zero-order chi connectivity index (χ0) is 13.5. The van der Waals surface area contributed by atoms with Crippen LogP contribution >= 0.6 is 0 Å². The molecular weight excluding hydrogens is 236 g/mol. The molecule has 1 rings (SSSR count). The molecule has 0 spiro atoms. The third kappa shape index (κ3) is 3.44. The molecule has 1 unspecified atom stereocenters. The molecule has 0 bridgehead atoms. The molecule has 0 aliphatic heterocycles. The molecule has 0 aliphatic rings. The summed E-state index contributed by atoms with van der Waals surface area (Å²) in [5.74, 6) is -1.30. The smallest absolute Gasteiger partial charge is 0.341 e. The number of carboxylic acids is 1. The van der Waals surface area contributed by atoms with Gasteiger partial charge in [0.15, 0.2) is 0 Å². The number of carbonyl (C=O) groups excluding carboxylic acids is 1. The second kappa shape index (κ2) is 6.58. The van der Waals surface area contributed by atoms with Crippen molar-refractivity contribution in [1.29, 1.82) is 0 Å². The average molecular weight is 252 g/mol. The van der Waals surface area contributed by atoms with Gasteiger partial charge in [-0.2, -0.15) is 0 Å². The van der Waals surface area contributed by atoms with Crippen molar-refractivity contribution in [1.82, 2.24) is 4.98 Å². The summed E-state index contributed by atoms with van der Waals surface area (Å²) in [6, 6.07) is 2.35. The van der Waals surface area contributed by atoms with Crippen LogP contribution in [0.15, 0.2) is 18.3 Å². The highest BCUT2D eigenvalue weighted by Gasteiger charge is 2.20. The fourth-order valence-corrected chi connectivity index (χ4v) is 1.51. The predicted molar refractivity (Wildman–Crippen MR) is 65.5 cm³/mol. The number of aliphatic carboxylic acids is 1. The maximum Gasteiger partial charge on any atom is 0.341 e. The van der Waals surface area contributed by atoms with E-state index < -0.39 is 18.0 Å². The highest BCUT2D eigenvalue weighted by molar-refractivity contribution is 5.95. The molecule has 6 heteroatoms. The van der Waals surface area contributed by atoms with E-state index in [2.05, 4.69) is 15.0 Å². The van der Waals surface area contributed by atoms with Crippen LogP contribution in [0.1, 0.15) is 30.1 Å². The number of esters is 1. The fraction of sp³-hybridized carbons (Fsp3) is 0.417. The first-order chi connectivity index (χ1) is 8.60. The number of nitrogens with one attached hydrogen (secondary N) is 1. The van der Waals surface area contributed by atoms with Crippen LogP contribution in [-0.4, -0.2) is 35.2 Å². The van der Waals surface area contributed by atoms with Crippen LogP contribution in [0.3, 0.4) is 0 Å². The molecule has 18 heavy (non-hydrogen) atoms. The van der Waals surface area contributed by atoms with Crippen LogP contribution < -0.4 is 5.32 Å². The van der Waals surface area contributed by atoms with Gasteiger partial charge in [0.1, 0.15) is 17.4 Å². The van der Waals surface area contributed by atoms with Gasteiger partial charge < -0.3 is 15.2 Å². The molecule has 0 saturated carbocycles. The number of anilines is 1. The van der Waals surface area contributed by atoms with Gasteiger partial charge in [0.2, 0.25) is 0 Å². The Labute approximate surface area is 105 Å². The first-order valence-electron chi connectivity index (χ1n) is 5.62. The Morgan fingerprint density at radius 3 is 2.83 bits per heavy atom. The minimum atomic E-state index is -0.974. The normalized spacial score (nSPS) is 11.7. The summed E-state index contributed by atoms with van der Waals surface area (Å²) in [6.07, 6.45) is 2.65. The Balaban J connectivity index is 2.95. The lowest BCUT2D eigenvalue weighted by molar-refractivity contribution is -0.138. The Morgan fingerprint density at radius 2 is 2.28 bits per heavy atom. The lowest BCUT2D eigenvalue weighted by atomic mass is 10.1. The van der Waals surface area contributed by atoms with Crippen molar-refractivity contribution >= 4 is 17.8 Å². The van der Waals surface area contributed by atoms with Gasteiger partial charge >= 0.3 is 11.9 Å². The van der Waals surface area contributed by atoms with E-state index in [4.69, 9.17) is 5.11 Å². The molecule has 1 aromatic rings. The predicted octanol–water partition coefficient (Wildman–Crippen LogP) is 1.53. The first kappa shape index (κ1) is 14.0. The quantitative estimate of drug-likeness (QED) is 0.746. The molecule has 0 saturated heterocycles. The van der Waals surface area contributed by atoms with E-state index in [1.54, 1.807) is 6.07 Å². The summed E-state index contributed by atoms with van der Waals surface area (Å²) < 4.78 is 4.61. The van der Waals surface area contributed by atoms with Gasteiger partial charge in [-0.25, -0.2) is 14.6 Å². The maximum atomic E-state index is 11.5. The Hall–Kier alpha value is -2.11. The van der Waals surface area contributed by atoms with E-state index >= 15 is 0 Å². The van der Waals surface area contributed by atoms with Crippen molar-refractivity contribution in [3.8, 4) is 0 Å². The molecule has 98 valence electrons. The highest BCUT2D eigenvalue weighted by Crippen LogP contribution is 2.15. The molecule has 0 aromatic carbocycles. The number of carbonyl (C=O) groups is 2. The van der Waals surface area contributed by atoms with Crippen molar-refractivity contribution < 1.29 is 19.4 Å². The van der Waals surface area contributed by atoms with E-state index in [9.17, 15) is 9.59 Å². The Bertz CT molecular complexity index is 434. The maximum absolute atomic E-state index is 11.5. The van der Waals surface area contributed by atoms with Gasteiger partial charge in [-0.1, -0.05) is 13.3 Å². The zero-order valence-electron chi connectivity index (χ0n) is 10.3. The second-order valence-corrected chi connectivity index (χ2v) is 3.71. The Kier molecular flexibility index (Phi) is 5.10. The summed E-state index contributed by atoms with van der Waals surface area (Å²) in [7, 11) is 1.26. The number of hydrogen-bond donors (Lipinski definition) is 2. The molecule has 6 nitrogen and oxygen atoms in total. The third-order valence-electron chi connectivity index (χ3n) is 2.40. The van der Waals surface area contributed by atoms with Crippen molar-refractivity contribution in [3.05, 3.63) is 23.9 Å². The number of rotatable bonds is 6. The van der Waals surface area contributed by atoms with Crippen LogP contribution in [-0.2, 0) is 9.53 Å². The minimum Gasteiger partial charge on any atom is -0.480 e. The van der Waals surface area contributed by atoms with E-state index in [0.29, 0.717) is 12.8 Å². The van der Waals surface area contributed by atoms with Crippen LogP contribution in [0, 0.1) is 0 Å².